The molecule has 4 saturated heterocycles. The molecule has 0 radical (unpaired) electrons. The second-order valence-electron chi connectivity index (χ2n) is 12.5. The molecular weight excluding hydrogens is 600 g/mol. The van der Waals surface area contributed by atoms with E-state index in [4.69, 9.17) is 0 Å². The van der Waals surface area contributed by atoms with Gasteiger partial charge in [-0.2, -0.15) is 0 Å². The Morgan fingerprint density at radius 2 is 0.978 bits per heavy atom. The Bertz CT molecular complexity index is 1720. The van der Waals surface area contributed by atoms with Crippen molar-refractivity contribution in [1.82, 2.24) is 19.8 Å². The average molecular weight is 627 g/mol. The molecule has 0 saturated carbocycles. The van der Waals surface area contributed by atoms with Crippen LogP contribution >= 0.6 is 0 Å². The summed E-state index contributed by atoms with van der Waals surface area (Å²) >= 11 is 0. The molecule has 2 aromatic carbocycles. The Kier molecular flexibility index (Phi) is 5.48. The van der Waals surface area contributed by atoms with Crippen LogP contribution in [0.25, 0.3) is 0 Å². The highest BCUT2D eigenvalue weighted by Gasteiger charge is 2.76. The number of imide groups is 2. The van der Waals surface area contributed by atoms with Crippen LogP contribution in [0.5, 0.6) is 0 Å². The lowest BCUT2D eigenvalue weighted by molar-refractivity contribution is -0.150. The summed E-state index contributed by atoms with van der Waals surface area (Å²) in [5.41, 5.74) is -2.21. The van der Waals surface area contributed by atoms with Gasteiger partial charge in [-0.3, -0.25) is 38.6 Å². The van der Waals surface area contributed by atoms with Crippen LogP contribution in [0.15, 0.2) is 59.1 Å². The fraction of sp³-hybridized carbons (Fsp3) is 0.400. The smallest absolute Gasteiger partial charge is 0.257 e. The lowest BCUT2D eigenvalue weighted by atomic mass is 9.76. The predicted octanol–water partition coefficient (Wildman–Crippen LogP) is 0.655. The number of nitroso groups, excluding NO2 is 2. The summed E-state index contributed by atoms with van der Waals surface area (Å²) in [5.74, 6) is -8.85. The van der Waals surface area contributed by atoms with Gasteiger partial charge in [-0.15, -0.1) is 9.81 Å². The maximum absolute atomic E-state index is 14.1. The fourth-order valence-corrected chi connectivity index (χ4v) is 9.10. The molecule has 4 fully saturated rings. The summed E-state index contributed by atoms with van der Waals surface area (Å²) in [5, 5.41) is 13.6. The van der Waals surface area contributed by atoms with E-state index in [9.17, 15) is 38.6 Å². The van der Waals surface area contributed by atoms with Gasteiger partial charge in [0.15, 0.2) is 11.1 Å². The Balaban J connectivity index is 1.11. The van der Waals surface area contributed by atoms with Gasteiger partial charge in [-0.1, -0.05) is 36.4 Å². The number of carbonyl (C=O) groups is 6. The summed E-state index contributed by atoms with van der Waals surface area (Å²) in [7, 11) is 0. The molecule has 0 aliphatic carbocycles. The van der Waals surface area contributed by atoms with Gasteiger partial charge in [-0.05, 0) is 26.0 Å². The number of hydrogen-bond donors (Lipinski definition) is 2. The molecule has 2 N–H and O–H groups in total. The second-order valence-corrected chi connectivity index (χ2v) is 12.5. The molecule has 8 atom stereocenters. The summed E-state index contributed by atoms with van der Waals surface area (Å²) in [6.07, 6.45) is 0. The van der Waals surface area contributed by atoms with Crippen LogP contribution in [-0.4, -0.2) is 80.4 Å². The first kappa shape index (κ1) is 28.0. The molecule has 2 spiro atoms. The zero-order valence-corrected chi connectivity index (χ0v) is 24.4. The molecule has 8 rings (SSSR count). The molecule has 6 aliphatic rings. The number of benzene rings is 2. The number of rotatable bonds is 5. The Labute approximate surface area is 259 Å². The number of amides is 6. The van der Waals surface area contributed by atoms with Crippen molar-refractivity contribution in [3.63, 3.8) is 0 Å². The standard InChI is InChI=1S/C30H26N8O8/c1-13-19-21(29(37(13)33-45)15-7-3-5-9-17(15)31-27(29)43)25(41)35(23(19)39)11-12-36-24(40)20-14(2)38(34-46)30(22(20)26(36)42)16-8-4-6-10-18(16)32-28(30)44/h3-10,13-14,19-22H,11-12H2,1-2H3,(H,31,43)(H,32,44). The normalized spacial score (nSPS) is 35.3. The summed E-state index contributed by atoms with van der Waals surface area (Å²) in [6, 6.07) is 11.3. The molecule has 234 valence electrons. The van der Waals surface area contributed by atoms with E-state index in [-0.39, 0.29) is 13.1 Å². The molecule has 0 bridgehead atoms. The maximum Gasteiger partial charge on any atom is 0.257 e. The van der Waals surface area contributed by atoms with E-state index in [1.165, 1.54) is 0 Å². The van der Waals surface area contributed by atoms with E-state index < -0.39 is 82.3 Å². The highest BCUT2D eigenvalue weighted by Crippen LogP contribution is 2.59. The lowest BCUT2D eigenvalue weighted by Gasteiger charge is -2.35. The Morgan fingerprint density at radius 3 is 1.35 bits per heavy atom. The number of carbonyl (C=O) groups excluding carboxylic acids is 6. The van der Waals surface area contributed by atoms with Gasteiger partial charge in [0.05, 0.1) is 46.3 Å². The summed E-state index contributed by atoms with van der Waals surface area (Å²) < 4.78 is 0. The van der Waals surface area contributed by atoms with Crippen molar-refractivity contribution in [2.75, 3.05) is 23.7 Å². The van der Waals surface area contributed by atoms with Crippen LogP contribution in [-0.2, 0) is 39.8 Å². The summed E-state index contributed by atoms with van der Waals surface area (Å²) in [4.78, 5) is 109. The minimum Gasteiger partial charge on any atom is -0.323 e. The number of para-hydroxylation sites is 2. The van der Waals surface area contributed by atoms with Crippen LogP contribution in [0, 0.1) is 33.5 Å². The molecule has 0 aromatic heterocycles. The van der Waals surface area contributed by atoms with Gasteiger partial charge >= 0.3 is 0 Å². The van der Waals surface area contributed by atoms with E-state index in [1.807, 2.05) is 0 Å². The van der Waals surface area contributed by atoms with E-state index in [2.05, 4.69) is 21.2 Å². The highest BCUT2D eigenvalue weighted by molar-refractivity contribution is 6.16. The van der Waals surface area contributed by atoms with Crippen molar-refractivity contribution in [2.45, 2.75) is 37.0 Å². The minimum absolute atomic E-state index is 0.349. The zero-order chi connectivity index (χ0) is 32.4. The topological polar surface area (TPSA) is 198 Å². The number of nitrogens with one attached hydrogen (secondary N) is 2. The van der Waals surface area contributed by atoms with Crippen LogP contribution < -0.4 is 10.6 Å². The van der Waals surface area contributed by atoms with Crippen LogP contribution in [0.4, 0.5) is 11.4 Å². The van der Waals surface area contributed by atoms with E-state index in [0.717, 1.165) is 19.8 Å². The van der Waals surface area contributed by atoms with E-state index in [0.29, 0.717) is 22.5 Å². The molecule has 6 heterocycles. The van der Waals surface area contributed by atoms with Crippen molar-refractivity contribution >= 4 is 46.8 Å². The third-order valence-electron chi connectivity index (χ3n) is 10.9. The third kappa shape index (κ3) is 2.86. The first-order chi connectivity index (χ1) is 22.1. The molecule has 46 heavy (non-hydrogen) atoms. The molecular formula is C30H26N8O8. The maximum atomic E-state index is 14.1. The average Bonchev–Trinajstić information content (AvgIpc) is 3.79. The molecule has 16 nitrogen and oxygen atoms in total. The van der Waals surface area contributed by atoms with Gasteiger partial charge in [0, 0.05) is 35.6 Å². The van der Waals surface area contributed by atoms with Crippen molar-refractivity contribution in [3.05, 3.63) is 69.5 Å². The van der Waals surface area contributed by atoms with Crippen LogP contribution in [0.3, 0.4) is 0 Å². The van der Waals surface area contributed by atoms with Crippen molar-refractivity contribution in [1.29, 1.82) is 0 Å². The van der Waals surface area contributed by atoms with Gasteiger partial charge < -0.3 is 10.6 Å². The van der Waals surface area contributed by atoms with E-state index >= 15 is 0 Å². The number of hydrogen-bond acceptors (Lipinski definition) is 10. The highest BCUT2D eigenvalue weighted by atomic mass is 16.3. The predicted molar refractivity (Wildman–Crippen MR) is 155 cm³/mol. The largest absolute Gasteiger partial charge is 0.323 e. The van der Waals surface area contributed by atoms with Gasteiger partial charge in [0.2, 0.25) is 23.6 Å². The fourth-order valence-electron chi connectivity index (χ4n) is 9.10. The number of likely N-dealkylation sites (tertiary alicyclic amines) is 2. The Hall–Kier alpha value is -5.54. The molecule has 6 aliphatic heterocycles. The van der Waals surface area contributed by atoms with Gasteiger partial charge in [0.25, 0.3) is 11.8 Å². The second kappa shape index (κ2) is 9.02. The molecule has 16 heteroatoms. The quantitative estimate of drug-likeness (QED) is 0.351. The first-order valence-electron chi connectivity index (χ1n) is 14.9. The number of anilines is 2. The van der Waals surface area contributed by atoms with Gasteiger partial charge in [-0.25, -0.2) is 10.0 Å². The number of nitrogens with zero attached hydrogens (tertiary/aromatic N) is 6. The van der Waals surface area contributed by atoms with Crippen molar-refractivity contribution in [3.8, 4) is 0 Å². The lowest BCUT2D eigenvalue weighted by Crippen LogP contribution is -2.54. The van der Waals surface area contributed by atoms with Crippen LogP contribution in [0.2, 0.25) is 0 Å². The summed E-state index contributed by atoms with van der Waals surface area (Å²) in [6.45, 7) is 2.34. The first-order valence-corrected chi connectivity index (χ1v) is 14.9. The van der Waals surface area contributed by atoms with Crippen molar-refractivity contribution < 1.29 is 28.8 Å². The van der Waals surface area contributed by atoms with E-state index in [1.54, 1.807) is 62.4 Å². The van der Waals surface area contributed by atoms with Crippen molar-refractivity contribution in [2.24, 2.45) is 34.2 Å². The monoisotopic (exact) mass is 626 g/mol. The SMILES string of the molecule is CC1C2C(=O)N(CCN3C(=O)C4C(C)N(N=O)C5(C(=O)Nc6ccccc65)C4C3=O)C(=O)C2C2(C(=O)Nc3ccccc32)N1N=O. The van der Waals surface area contributed by atoms with Gasteiger partial charge in [0.1, 0.15) is 0 Å². The molecule has 8 unspecified atom stereocenters. The number of fused-ring (bicyclic) bond motifs is 8. The third-order valence-corrected chi connectivity index (χ3v) is 10.9. The zero-order valence-electron chi connectivity index (χ0n) is 24.4. The molecule has 2 aromatic rings. The Morgan fingerprint density at radius 1 is 0.609 bits per heavy atom. The minimum atomic E-state index is -1.85. The molecule has 6 amide bonds. The van der Waals surface area contributed by atoms with Crippen LogP contribution in [0.1, 0.15) is 25.0 Å².